The summed E-state index contributed by atoms with van der Waals surface area (Å²) in [7, 11) is 0. The topological polar surface area (TPSA) is 38.2 Å². The molecule has 3 aromatic heterocycles. The van der Waals surface area contributed by atoms with Gasteiger partial charge in [0, 0.05) is 29.3 Å². The number of nitrogens with zero attached hydrogens (tertiary/aromatic N) is 3. The molecule has 0 aliphatic carbocycles. The normalized spacial score (nSPS) is 15.2. The lowest BCUT2D eigenvalue weighted by Crippen LogP contribution is -2.41. The second-order valence-corrected chi connectivity index (χ2v) is 8.62. The van der Waals surface area contributed by atoms with Crippen molar-refractivity contribution >= 4 is 40.8 Å². The van der Waals surface area contributed by atoms with Gasteiger partial charge in [-0.15, -0.1) is 23.5 Å². The Kier molecular flexibility index (Phi) is 4.52. The number of rotatable bonds is 3. The highest BCUT2D eigenvalue weighted by Gasteiger charge is 2.26. The third-order valence-corrected chi connectivity index (χ3v) is 7.20. The minimum Gasteiger partial charge on any atom is -0.244 e. The summed E-state index contributed by atoms with van der Waals surface area (Å²) >= 11 is 9.56. The molecular weight excluding hydrogens is 362 g/mol. The Labute approximate surface area is 152 Å². The van der Waals surface area contributed by atoms with E-state index in [0.29, 0.717) is 11.7 Å². The van der Waals surface area contributed by atoms with Gasteiger partial charge >= 0.3 is 5.56 Å². The SMILES string of the molecule is O=c1c(C2SCCS2)c[n+](Cc2ccc(Cl)nc2)c2ccccn12. The van der Waals surface area contributed by atoms with Gasteiger partial charge < -0.3 is 0 Å². The minimum atomic E-state index is 0.0722. The van der Waals surface area contributed by atoms with Gasteiger partial charge in [-0.25, -0.2) is 14.3 Å². The molecule has 0 unspecified atom stereocenters. The van der Waals surface area contributed by atoms with Gasteiger partial charge in [0.05, 0.1) is 10.8 Å². The number of fused-ring (bicyclic) bond motifs is 1. The van der Waals surface area contributed by atoms with Crippen LogP contribution in [0.4, 0.5) is 0 Å². The molecule has 0 saturated carbocycles. The Morgan fingerprint density at radius 2 is 2.08 bits per heavy atom. The molecule has 7 heteroatoms. The predicted octanol–water partition coefficient (Wildman–Crippen LogP) is 3.16. The van der Waals surface area contributed by atoms with Gasteiger partial charge in [-0.2, -0.15) is 4.40 Å². The van der Waals surface area contributed by atoms with Gasteiger partial charge in [-0.05, 0) is 12.1 Å². The van der Waals surface area contributed by atoms with Crippen LogP contribution in [0.25, 0.3) is 5.65 Å². The van der Waals surface area contributed by atoms with Crippen LogP contribution in [0.5, 0.6) is 0 Å². The van der Waals surface area contributed by atoms with Crippen molar-refractivity contribution in [2.24, 2.45) is 0 Å². The second kappa shape index (κ2) is 6.78. The van der Waals surface area contributed by atoms with Crippen molar-refractivity contribution in [2.75, 3.05) is 11.5 Å². The molecule has 4 heterocycles. The molecule has 4 rings (SSSR count). The number of pyridine rings is 2. The van der Waals surface area contributed by atoms with Gasteiger partial charge in [0.2, 0.25) is 0 Å². The number of aromatic nitrogens is 3. The van der Waals surface area contributed by atoms with E-state index in [2.05, 4.69) is 9.55 Å². The van der Waals surface area contributed by atoms with E-state index < -0.39 is 0 Å². The van der Waals surface area contributed by atoms with Gasteiger partial charge in [0.15, 0.2) is 0 Å². The lowest BCUT2D eigenvalue weighted by atomic mass is 10.2. The molecule has 1 saturated heterocycles. The maximum atomic E-state index is 12.9. The molecule has 0 spiro atoms. The van der Waals surface area contributed by atoms with E-state index >= 15 is 0 Å². The van der Waals surface area contributed by atoms with Crippen LogP contribution in [0.2, 0.25) is 5.15 Å². The average molecular weight is 377 g/mol. The molecule has 24 heavy (non-hydrogen) atoms. The van der Waals surface area contributed by atoms with E-state index in [1.165, 1.54) is 0 Å². The summed E-state index contributed by atoms with van der Waals surface area (Å²) in [4.78, 5) is 17.0. The fourth-order valence-corrected chi connectivity index (χ4v) is 5.75. The first kappa shape index (κ1) is 16.0. The van der Waals surface area contributed by atoms with Crippen molar-refractivity contribution in [3.63, 3.8) is 0 Å². The summed E-state index contributed by atoms with van der Waals surface area (Å²) in [6.07, 6.45) is 5.61. The summed E-state index contributed by atoms with van der Waals surface area (Å²) < 4.78 is 4.06. The maximum Gasteiger partial charge on any atom is 0.347 e. The minimum absolute atomic E-state index is 0.0722. The highest BCUT2D eigenvalue weighted by Crippen LogP contribution is 2.43. The zero-order valence-electron chi connectivity index (χ0n) is 12.8. The third kappa shape index (κ3) is 3.06. The molecule has 0 N–H and O–H groups in total. The predicted molar refractivity (Wildman–Crippen MR) is 99.9 cm³/mol. The van der Waals surface area contributed by atoms with Crippen molar-refractivity contribution in [1.82, 2.24) is 9.38 Å². The molecule has 1 aliphatic heterocycles. The second-order valence-electron chi connectivity index (χ2n) is 5.51. The lowest BCUT2D eigenvalue weighted by molar-refractivity contribution is -0.666. The van der Waals surface area contributed by atoms with Crippen molar-refractivity contribution < 1.29 is 4.57 Å². The third-order valence-electron chi connectivity index (χ3n) is 3.91. The molecule has 1 aliphatic rings. The Balaban J connectivity index is 1.85. The zero-order valence-corrected chi connectivity index (χ0v) is 15.2. The molecular formula is C17H15ClN3OS2+. The quantitative estimate of drug-likeness (QED) is 0.520. The molecule has 0 atom stereocenters. The monoisotopic (exact) mass is 376 g/mol. The number of thioether (sulfide) groups is 2. The summed E-state index contributed by atoms with van der Waals surface area (Å²) in [5.74, 6) is 2.18. The number of hydrogen-bond donors (Lipinski definition) is 0. The molecule has 4 nitrogen and oxygen atoms in total. The average Bonchev–Trinajstić information content (AvgIpc) is 3.14. The summed E-state index contributed by atoms with van der Waals surface area (Å²) in [5.41, 5.74) is 2.84. The first-order chi connectivity index (χ1) is 11.7. The molecule has 0 bridgehead atoms. The van der Waals surface area contributed by atoms with E-state index in [4.69, 9.17) is 11.6 Å². The Morgan fingerprint density at radius 1 is 1.25 bits per heavy atom. The molecule has 0 radical (unpaired) electrons. The highest BCUT2D eigenvalue weighted by atomic mass is 35.5. The van der Waals surface area contributed by atoms with Crippen LogP contribution in [-0.2, 0) is 6.54 Å². The number of halogens is 1. The molecule has 3 aromatic rings. The van der Waals surface area contributed by atoms with Crippen molar-refractivity contribution in [1.29, 1.82) is 0 Å². The fraction of sp³-hybridized carbons (Fsp3) is 0.235. The first-order valence-corrected chi connectivity index (χ1v) is 10.1. The maximum absolute atomic E-state index is 12.9. The van der Waals surface area contributed by atoms with Crippen molar-refractivity contribution in [3.05, 3.63) is 75.6 Å². The van der Waals surface area contributed by atoms with Crippen LogP contribution in [0.3, 0.4) is 0 Å². The largest absolute Gasteiger partial charge is 0.347 e. The molecule has 0 aromatic carbocycles. The van der Waals surface area contributed by atoms with E-state index in [-0.39, 0.29) is 10.1 Å². The van der Waals surface area contributed by atoms with Gasteiger partial charge in [-0.3, -0.25) is 0 Å². The molecule has 122 valence electrons. The van der Waals surface area contributed by atoms with Crippen LogP contribution in [0.15, 0.2) is 53.7 Å². The Hall–Kier alpha value is -1.50. The Bertz CT molecular complexity index is 937. The summed E-state index contributed by atoms with van der Waals surface area (Å²) in [6, 6.07) is 9.55. The van der Waals surface area contributed by atoms with Crippen LogP contribution in [0, 0.1) is 0 Å². The van der Waals surface area contributed by atoms with E-state index in [1.807, 2.05) is 60.2 Å². The van der Waals surface area contributed by atoms with E-state index in [1.54, 1.807) is 16.7 Å². The fourth-order valence-electron chi connectivity index (χ4n) is 2.79. The van der Waals surface area contributed by atoms with Gasteiger partial charge in [-0.1, -0.05) is 23.7 Å². The van der Waals surface area contributed by atoms with Crippen molar-refractivity contribution in [3.8, 4) is 0 Å². The van der Waals surface area contributed by atoms with Crippen LogP contribution < -0.4 is 10.1 Å². The smallest absolute Gasteiger partial charge is 0.244 e. The van der Waals surface area contributed by atoms with Crippen LogP contribution >= 0.6 is 35.1 Å². The number of hydrogen-bond acceptors (Lipinski definition) is 4. The first-order valence-electron chi connectivity index (χ1n) is 7.60. The van der Waals surface area contributed by atoms with Crippen LogP contribution in [-0.4, -0.2) is 20.9 Å². The molecule has 1 fully saturated rings. The van der Waals surface area contributed by atoms with E-state index in [0.717, 1.165) is 28.3 Å². The summed E-state index contributed by atoms with van der Waals surface area (Å²) in [5, 5.41) is 0.484. The van der Waals surface area contributed by atoms with Crippen molar-refractivity contribution in [2.45, 2.75) is 11.1 Å². The summed E-state index contributed by atoms with van der Waals surface area (Å²) in [6.45, 7) is 0.646. The van der Waals surface area contributed by atoms with Crippen LogP contribution in [0.1, 0.15) is 15.7 Å². The standard InChI is InChI=1S/C17H15ClN3OS2/c18-14-5-4-12(9-19-14)10-20-11-13(17-23-7-8-24-17)16(22)21-6-2-1-3-15(20)21/h1-6,9,11,17H,7-8,10H2/q+1. The van der Waals surface area contributed by atoms with E-state index in [9.17, 15) is 4.79 Å². The Morgan fingerprint density at radius 3 is 2.83 bits per heavy atom. The lowest BCUT2D eigenvalue weighted by Gasteiger charge is -2.10. The van der Waals surface area contributed by atoms with Gasteiger partial charge in [0.1, 0.15) is 23.5 Å². The van der Waals surface area contributed by atoms with Gasteiger partial charge in [0.25, 0.3) is 5.65 Å². The molecule has 0 amide bonds. The zero-order chi connectivity index (χ0) is 16.5. The highest BCUT2D eigenvalue weighted by molar-refractivity contribution is 8.19.